The Bertz CT molecular complexity index is 323. The van der Waals surface area contributed by atoms with Crippen molar-refractivity contribution in [1.29, 1.82) is 0 Å². The Morgan fingerprint density at radius 3 is 0.962 bits per heavy atom. The van der Waals surface area contributed by atoms with Gasteiger partial charge in [0.25, 0.3) is 0 Å². The quantitative estimate of drug-likeness (QED) is 0.250. The third kappa shape index (κ3) is 4.98. The molecule has 0 unspecified atom stereocenters. The second-order valence-corrected chi connectivity index (χ2v) is 15.9. The van der Waals surface area contributed by atoms with Gasteiger partial charge in [-0.05, 0) is 80.4 Å². The molecule has 0 amide bonds. The van der Waals surface area contributed by atoms with Crippen LogP contribution in [-0.2, 0) is 20.4 Å². The van der Waals surface area contributed by atoms with Gasteiger partial charge in [0, 0.05) is 25.8 Å². The van der Waals surface area contributed by atoms with E-state index in [0.29, 0.717) is 15.8 Å². The molecule has 0 spiro atoms. The molecule has 4 rings (SSSR count). The molecule has 0 saturated heterocycles. The molecule has 0 N–H and O–H groups in total. The summed E-state index contributed by atoms with van der Waals surface area (Å²) in [7, 11) is 0.662. The molecule has 26 heavy (non-hydrogen) atoms. The van der Waals surface area contributed by atoms with E-state index in [9.17, 15) is 0 Å². The number of hydrogen-bond donors (Lipinski definition) is 0. The van der Waals surface area contributed by atoms with Gasteiger partial charge in [-0.2, -0.15) is 0 Å². The molecule has 0 aromatic carbocycles. The third-order valence-electron chi connectivity index (χ3n) is 8.04. The normalized spacial score (nSPS) is 26.8. The summed E-state index contributed by atoms with van der Waals surface area (Å²) in [5.41, 5.74) is 4.76. The molecule has 0 aromatic rings. The fourth-order valence-electron chi connectivity index (χ4n) is 6.95. The predicted molar refractivity (Wildman–Crippen MR) is 117 cm³/mol. The molecule has 0 aliphatic heterocycles. The van der Waals surface area contributed by atoms with Crippen molar-refractivity contribution in [3.63, 3.8) is 0 Å². The molecule has 154 valence electrons. The van der Waals surface area contributed by atoms with E-state index in [-0.39, 0.29) is 20.4 Å². The zero-order valence-electron chi connectivity index (χ0n) is 17.1. The maximum Gasteiger partial charge on any atom is 0.000148 e. The second kappa shape index (κ2) is 11.1. The van der Waals surface area contributed by atoms with E-state index < -0.39 is 0 Å². The summed E-state index contributed by atoms with van der Waals surface area (Å²) in [6.45, 7) is 2.61. The molecule has 0 bridgehead atoms. The van der Waals surface area contributed by atoms with Gasteiger partial charge in [-0.3, -0.25) is 0 Å². The minimum Gasteiger partial charge on any atom is -0.0927 e. The van der Waals surface area contributed by atoms with Gasteiger partial charge >= 0.3 is 0 Å². The van der Waals surface area contributed by atoms with Gasteiger partial charge in [-0.15, -0.1) is 0 Å². The van der Waals surface area contributed by atoms with Crippen LogP contribution in [0.1, 0.15) is 116 Å². The second-order valence-electron chi connectivity index (χ2n) is 9.54. The Kier molecular flexibility index (Phi) is 9.45. The first-order valence-corrected chi connectivity index (χ1v) is 15.0. The third-order valence-corrected chi connectivity index (χ3v) is 17.2. The SMILES string of the molecule is CCC(P(C1CCCC1)C1CCCC1)P(C1CCCC1)C1CCCC1.[Pd]. The number of hydrogen-bond acceptors (Lipinski definition) is 0. The largest absolute Gasteiger partial charge is 0.0927 e. The van der Waals surface area contributed by atoms with Crippen LogP contribution < -0.4 is 0 Å². The fraction of sp³-hybridized carbons (Fsp3) is 1.00. The van der Waals surface area contributed by atoms with E-state index in [0.717, 1.165) is 0 Å². The van der Waals surface area contributed by atoms with Gasteiger partial charge in [0.05, 0.1) is 0 Å². The Labute approximate surface area is 180 Å². The van der Waals surface area contributed by atoms with Crippen molar-refractivity contribution in [1.82, 2.24) is 0 Å². The van der Waals surface area contributed by atoms with Crippen LogP contribution in [0, 0.1) is 0 Å². The first-order chi connectivity index (χ1) is 12.4. The Morgan fingerprint density at radius 1 is 0.538 bits per heavy atom. The Morgan fingerprint density at radius 2 is 0.769 bits per heavy atom. The zero-order valence-corrected chi connectivity index (χ0v) is 20.5. The molecule has 0 aromatic heterocycles. The molecule has 0 atom stereocenters. The van der Waals surface area contributed by atoms with Crippen LogP contribution in [0.5, 0.6) is 0 Å². The van der Waals surface area contributed by atoms with E-state index in [1.165, 1.54) is 28.0 Å². The summed E-state index contributed by atoms with van der Waals surface area (Å²) in [5, 5.41) is 1.21. The van der Waals surface area contributed by atoms with Crippen molar-refractivity contribution in [2.24, 2.45) is 0 Å². The van der Waals surface area contributed by atoms with Crippen LogP contribution >= 0.6 is 15.8 Å². The van der Waals surface area contributed by atoms with Crippen LogP contribution in [0.25, 0.3) is 0 Å². The molecule has 4 aliphatic rings. The average molecular weight is 487 g/mol. The molecule has 0 nitrogen and oxygen atoms in total. The molecule has 4 aliphatic carbocycles. The van der Waals surface area contributed by atoms with Crippen LogP contribution in [0.4, 0.5) is 0 Å². The molecule has 0 heterocycles. The molecular formula is C23H42P2Pd. The smallest absolute Gasteiger partial charge is 0.000148 e. The van der Waals surface area contributed by atoms with Gasteiger partial charge in [-0.1, -0.05) is 74.1 Å². The van der Waals surface area contributed by atoms with Gasteiger partial charge in [-0.25, -0.2) is 0 Å². The van der Waals surface area contributed by atoms with Gasteiger partial charge in [0.1, 0.15) is 0 Å². The standard InChI is InChI=1S/C23H42P2.Pd/c1-2-23(24(19-11-3-4-12-19)20-13-5-6-14-20)25(21-15-7-8-16-21)22-17-9-10-18-22;/h19-23H,2-18H2,1H3;. The first kappa shape index (κ1) is 22.2. The van der Waals surface area contributed by atoms with Crippen molar-refractivity contribution < 1.29 is 20.4 Å². The summed E-state index contributed by atoms with van der Waals surface area (Å²) in [4.78, 5) is 0. The van der Waals surface area contributed by atoms with Crippen LogP contribution in [-0.4, -0.2) is 28.0 Å². The van der Waals surface area contributed by atoms with E-state index >= 15 is 0 Å². The van der Waals surface area contributed by atoms with Gasteiger partial charge < -0.3 is 0 Å². The van der Waals surface area contributed by atoms with E-state index in [2.05, 4.69) is 6.92 Å². The average Bonchev–Trinajstić information content (AvgIpc) is 3.44. The fourth-order valence-corrected chi connectivity index (χ4v) is 18.3. The Balaban J connectivity index is 0.00000196. The van der Waals surface area contributed by atoms with Crippen molar-refractivity contribution in [2.45, 2.75) is 144 Å². The van der Waals surface area contributed by atoms with Crippen LogP contribution in [0.3, 0.4) is 0 Å². The molecular weight excluding hydrogens is 445 g/mol. The molecule has 4 fully saturated rings. The minimum atomic E-state index is 0. The molecule has 4 saturated carbocycles. The van der Waals surface area contributed by atoms with Crippen molar-refractivity contribution >= 4 is 15.8 Å². The van der Waals surface area contributed by atoms with Crippen molar-refractivity contribution in [3.8, 4) is 0 Å². The summed E-state index contributed by atoms with van der Waals surface area (Å²) >= 11 is 0. The van der Waals surface area contributed by atoms with E-state index in [4.69, 9.17) is 0 Å². The topological polar surface area (TPSA) is 0 Å². The van der Waals surface area contributed by atoms with E-state index in [1.807, 2.05) is 0 Å². The van der Waals surface area contributed by atoms with Crippen LogP contribution in [0.2, 0.25) is 0 Å². The van der Waals surface area contributed by atoms with Crippen LogP contribution in [0.15, 0.2) is 0 Å². The maximum atomic E-state index is 2.61. The summed E-state index contributed by atoms with van der Waals surface area (Å²) < 4.78 is 0. The van der Waals surface area contributed by atoms with Gasteiger partial charge in [0.2, 0.25) is 0 Å². The monoisotopic (exact) mass is 486 g/mol. The van der Waals surface area contributed by atoms with Gasteiger partial charge in [0.15, 0.2) is 0 Å². The number of rotatable bonds is 7. The van der Waals surface area contributed by atoms with Crippen molar-refractivity contribution in [3.05, 3.63) is 0 Å². The predicted octanol–water partition coefficient (Wildman–Crippen LogP) is 8.45. The maximum absolute atomic E-state index is 2.61. The summed E-state index contributed by atoms with van der Waals surface area (Å²) in [5.74, 6) is 0. The molecule has 3 heteroatoms. The van der Waals surface area contributed by atoms with Crippen molar-refractivity contribution in [2.75, 3.05) is 0 Å². The minimum absolute atomic E-state index is 0. The first-order valence-electron chi connectivity index (χ1n) is 11.9. The summed E-state index contributed by atoms with van der Waals surface area (Å²) in [6.07, 6.45) is 27.1. The van der Waals surface area contributed by atoms with E-state index in [1.54, 1.807) is 109 Å². The Hall–Kier alpha value is 1.52. The zero-order chi connectivity index (χ0) is 17.1. The summed E-state index contributed by atoms with van der Waals surface area (Å²) in [6, 6.07) is 0. The molecule has 0 radical (unpaired) electrons.